The summed E-state index contributed by atoms with van der Waals surface area (Å²) >= 11 is 11.9. The fourth-order valence-corrected chi connectivity index (χ4v) is 3.00. The first kappa shape index (κ1) is 23.0. The number of amides is 1. The Labute approximate surface area is 179 Å². The molecule has 2 rings (SSSR count). The molecule has 156 valence electrons. The quantitative estimate of drug-likeness (QED) is 0.583. The van der Waals surface area contributed by atoms with E-state index in [9.17, 15) is 14.7 Å². The highest BCUT2D eigenvalue weighted by Crippen LogP contribution is 2.21. The van der Waals surface area contributed by atoms with Gasteiger partial charge in [-0.05, 0) is 37.1 Å². The molecule has 0 aliphatic carbocycles. The van der Waals surface area contributed by atoms with Crippen LogP contribution < -0.4 is 5.32 Å². The van der Waals surface area contributed by atoms with Crippen molar-refractivity contribution >= 4 is 35.3 Å². The van der Waals surface area contributed by atoms with Crippen LogP contribution in [0, 0.1) is 0 Å². The van der Waals surface area contributed by atoms with E-state index in [-0.39, 0.29) is 25.7 Å². The van der Waals surface area contributed by atoms with E-state index >= 15 is 0 Å². The molecule has 0 heterocycles. The van der Waals surface area contributed by atoms with Gasteiger partial charge in [0, 0.05) is 28.6 Å². The second-order valence-corrected chi connectivity index (χ2v) is 7.54. The summed E-state index contributed by atoms with van der Waals surface area (Å²) in [5, 5.41) is 12.8. The third-order valence-corrected chi connectivity index (χ3v) is 4.55. The zero-order chi connectivity index (χ0) is 21.4. The molecule has 2 N–H and O–H groups in total. The second kappa shape index (κ2) is 11.0. The van der Waals surface area contributed by atoms with Crippen molar-refractivity contribution in [1.82, 2.24) is 5.32 Å². The Kier molecular flexibility index (Phi) is 8.76. The first-order valence-corrected chi connectivity index (χ1v) is 9.81. The monoisotopic (exact) mass is 439 g/mol. The van der Waals surface area contributed by atoms with E-state index in [0.29, 0.717) is 15.6 Å². The number of alkyl carbamates (subject to hydrolysis) is 1. The first-order chi connectivity index (χ1) is 13.7. The number of carboxylic acid groups (broad SMARTS) is 1. The number of hydrogen-bond acceptors (Lipinski definition) is 4. The maximum atomic E-state index is 11.9. The van der Waals surface area contributed by atoms with Gasteiger partial charge in [-0.15, -0.1) is 0 Å². The number of ether oxygens (including phenoxy) is 2. The second-order valence-electron chi connectivity index (χ2n) is 6.70. The Balaban J connectivity index is 1.81. The molecule has 2 aromatic carbocycles. The maximum Gasteiger partial charge on any atom is 0.407 e. The summed E-state index contributed by atoms with van der Waals surface area (Å²) in [6, 6.07) is 12.2. The predicted molar refractivity (Wildman–Crippen MR) is 111 cm³/mol. The minimum absolute atomic E-state index is 0.0349. The fraction of sp³-hybridized carbons (Fsp3) is 0.333. The van der Waals surface area contributed by atoms with Crippen molar-refractivity contribution in [2.45, 2.75) is 45.6 Å². The number of hydrogen-bond donors (Lipinski definition) is 2. The molecule has 1 atom stereocenters. The first-order valence-electron chi connectivity index (χ1n) is 9.05. The molecule has 0 aliphatic rings. The van der Waals surface area contributed by atoms with Gasteiger partial charge < -0.3 is 19.9 Å². The van der Waals surface area contributed by atoms with Gasteiger partial charge in [-0.1, -0.05) is 53.5 Å². The molecule has 2 aromatic rings. The van der Waals surface area contributed by atoms with E-state index in [4.69, 9.17) is 32.7 Å². The lowest BCUT2D eigenvalue weighted by atomic mass is 10.1. The van der Waals surface area contributed by atoms with Gasteiger partial charge >= 0.3 is 12.1 Å². The zero-order valence-corrected chi connectivity index (χ0v) is 17.7. The number of halogens is 2. The van der Waals surface area contributed by atoms with Crippen LogP contribution in [0.5, 0.6) is 0 Å². The van der Waals surface area contributed by atoms with Gasteiger partial charge in [0.2, 0.25) is 0 Å². The molecule has 6 nitrogen and oxygen atoms in total. The number of carbonyl (C=O) groups is 2. The maximum absolute atomic E-state index is 11.9. The van der Waals surface area contributed by atoms with E-state index in [1.807, 2.05) is 24.3 Å². The third-order valence-electron chi connectivity index (χ3n) is 3.97. The van der Waals surface area contributed by atoms with E-state index < -0.39 is 18.2 Å². The smallest absolute Gasteiger partial charge is 0.407 e. The number of aliphatic carboxylic acids is 1. The van der Waals surface area contributed by atoms with Crippen LogP contribution in [0.4, 0.5) is 4.79 Å². The normalized spacial score (nSPS) is 11.9. The van der Waals surface area contributed by atoms with Crippen molar-refractivity contribution in [3.63, 3.8) is 0 Å². The molecule has 0 bridgehead atoms. The highest BCUT2D eigenvalue weighted by molar-refractivity contribution is 6.35. The summed E-state index contributed by atoms with van der Waals surface area (Å²) in [6.07, 6.45) is -1.37. The van der Waals surface area contributed by atoms with Crippen molar-refractivity contribution in [1.29, 1.82) is 0 Å². The van der Waals surface area contributed by atoms with Crippen LogP contribution in [0.25, 0.3) is 0 Å². The summed E-state index contributed by atoms with van der Waals surface area (Å²) in [6.45, 7) is 3.90. The van der Waals surface area contributed by atoms with Gasteiger partial charge in [0.1, 0.15) is 6.61 Å². The van der Waals surface area contributed by atoms with Crippen molar-refractivity contribution in [3.05, 3.63) is 69.2 Å². The predicted octanol–water partition coefficient (Wildman–Crippen LogP) is 4.84. The molecule has 29 heavy (non-hydrogen) atoms. The standard InChI is InChI=1S/C21H23Cl2NO5/c1-13(2)29-19(20(25)26)9-14-3-5-15(6-4-14)11-24-21(27)28-12-16-7-8-17(22)10-18(16)23/h3-8,10,13,19H,9,11-12H2,1-2H3,(H,24,27)(H,25,26). The summed E-state index contributed by atoms with van der Waals surface area (Å²) in [7, 11) is 0. The van der Waals surface area contributed by atoms with Gasteiger partial charge in [0.15, 0.2) is 6.10 Å². The largest absolute Gasteiger partial charge is 0.479 e. The Hall–Kier alpha value is -2.28. The molecule has 0 fully saturated rings. The van der Waals surface area contributed by atoms with E-state index in [1.165, 1.54) is 0 Å². The summed E-state index contributed by atoms with van der Waals surface area (Å²) in [4.78, 5) is 23.2. The topological polar surface area (TPSA) is 84.9 Å². The average molecular weight is 440 g/mol. The molecule has 0 saturated heterocycles. The molecular formula is C21H23Cl2NO5. The number of nitrogens with one attached hydrogen (secondary N) is 1. The van der Waals surface area contributed by atoms with Crippen LogP contribution in [0.1, 0.15) is 30.5 Å². The van der Waals surface area contributed by atoms with Crippen molar-refractivity contribution in [2.75, 3.05) is 0 Å². The SMILES string of the molecule is CC(C)OC(Cc1ccc(CNC(=O)OCc2ccc(Cl)cc2Cl)cc1)C(=O)O. The Bertz CT molecular complexity index is 839. The van der Waals surface area contributed by atoms with Crippen LogP contribution in [0.3, 0.4) is 0 Å². The van der Waals surface area contributed by atoms with Gasteiger partial charge in [-0.25, -0.2) is 9.59 Å². The number of rotatable bonds is 9. The van der Waals surface area contributed by atoms with Crippen LogP contribution in [0.2, 0.25) is 10.0 Å². The highest BCUT2D eigenvalue weighted by atomic mass is 35.5. The van der Waals surface area contributed by atoms with Gasteiger partial charge in [0.25, 0.3) is 0 Å². The highest BCUT2D eigenvalue weighted by Gasteiger charge is 2.20. The molecule has 1 amide bonds. The molecule has 0 radical (unpaired) electrons. The molecule has 8 heteroatoms. The number of carbonyl (C=O) groups excluding carboxylic acids is 1. The molecule has 0 aliphatic heterocycles. The molecule has 1 unspecified atom stereocenters. The van der Waals surface area contributed by atoms with Crippen LogP contribution in [0.15, 0.2) is 42.5 Å². The van der Waals surface area contributed by atoms with Crippen molar-refractivity contribution < 1.29 is 24.2 Å². The third kappa shape index (κ3) is 7.93. The van der Waals surface area contributed by atoms with Crippen molar-refractivity contribution in [3.8, 4) is 0 Å². The van der Waals surface area contributed by atoms with E-state index in [1.54, 1.807) is 32.0 Å². The lowest BCUT2D eigenvalue weighted by Gasteiger charge is -2.16. The molecule has 0 spiro atoms. The minimum Gasteiger partial charge on any atom is -0.479 e. The van der Waals surface area contributed by atoms with E-state index in [2.05, 4.69) is 5.32 Å². The summed E-state index contributed by atoms with van der Waals surface area (Å²) in [5.41, 5.74) is 2.35. The lowest BCUT2D eigenvalue weighted by molar-refractivity contribution is -0.153. The van der Waals surface area contributed by atoms with E-state index in [0.717, 1.165) is 11.1 Å². The van der Waals surface area contributed by atoms with Gasteiger partial charge in [-0.3, -0.25) is 0 Å². The number of benzene rings is 2. The minimum atomic E-state index is -0.993. The van der Waals surface area contributed by atoms with Crippen LogP contribution >= 0.6 is 23.2 Å². The van der Waals surface area contributed by atoms with Gasteiger partial charge in [0.05, 0.1) is 6.10 Å². The zero-order valence-electron chi connectivity index (χ0n) is 16.2. The van der Waals surface area contributed by atoms with Crippen molar-refractivity contribution in [2.24, 2.45) is 0 Å². The van der Waals surface area contributed by atoms with Crippen LogP contribution in [-0.2, 0) is 33.8 Å². The summed E-state index contributed by atoms with van der Waals surface area (Å²) in [5.74, 6) is -0.993. The van der Waals surface area contributed by atoms with Crippen LogP contribution in [-0.4, -0.2) is 29.4 Å². The summed E-state index contributed by atoms with van der Waals surface area (Å²) < 4.78 is 10.6. The fourth-order valence-electron chi connectivity index (χ4n) is 2.54. The Morgan fingerprint density at radius 1 is 1.07 bits per heavy atom. The average Bonchev–Trinajstić information content (AvgIpc) is 2.65. The molecule has 0 aromatic heterocycles. The number of carboxylic acids is 1. The molecular weight excluding hydrogens is 417 g/mol. The molecule has 0 saturated carbocycles. The Morgan fingerprint density at radius 3 is 2.31 bits per heavy atom. The Morgan fingerprint density at radius 2 is 1.72 bits per heavy atom. The lowest BCUT2D eigenvalue weighted by Crippen LogP contribution is -2.29. The van der Waals surface area contributed by atoms with Gasteiger partial charge in [-0.2, -0.15) is 0 Å².